The van der Waals surface area contributed by atoms with Gasteiger partial charge in [-0.3, -0.25) is 9.59 Å². The first-order valence-electron chi connectivity index (χ1n) is 7.79. The van der Waals surface area contributed by atoms with Gasteiger partial charge in [0.15, 0.2) is 0 Å². The van der Waals surface area contributed by atoms with Crippen molar-refractivity contribution in [3.63, 3.8) is 0 Å². The minimum atomic E-state index is -3.56. The molecule has 0 radical (unpaired) electrons. The molecular weight excluding hydrogens is 332 g/mol. The minimum absolute atomic E-state index is 0.147. The van der Waals surface area contributed by atoms with Gasteiger partial charge in [0.05, 0.1) is 4.90 Å². The lowest BCUT2D eigenvalue weighted by atomic mass is 10.0. The van der Waals surface area contributed by atoms with Crippen LogP contribution in [0.1, 0.15) is 30.1 Å². The molecule has 0 spiro atoms. The van der Waals surface area contributed by atoms with Gasteiger partial charge in [0.25, 0.3) is 5.91 Å². The molecule has 132 valence electrons. The standard InChI is InChI=1S/C16H22N2O5S/c1-12-4-3-9-18(10-12)24(22,23)14-7-5-13(6-8-14)16(21)17(2)11-15(19)20/h5-8,12H,3-4,9-11H2,1-2H3,(H,19,20). The summed E-state index contributed by atoms with van der Waals surface area (Å²) in [6.45, 7) is 2.63. The molecule has 1 amide bonds. The third kappa shape index (κ3) is 4.12. The number of carboxylic acid groups (broad SMARTS) is 1. The van der Waals surface area contributed by atoms with Crippen LogP contribution in [0.15, 0.2) is 29.2 Å². The number of benzene rings is 1. The molecule has 0 saturated carbocycles. The Labute approximate surface area is 141 Å². The maximum absolute atomic E-state index is 12.6. The van der Waals surface area contributed by atoms with Crippen LogP contribution >= 0.6 is 0 Å². The second kappa shape index (κ2) is 7.31. The molecule has 1 fully saturated rings. The van der Waals surface area contributed by atoms with E-state index in [4.69, 9.17) is 5.11 Å². The monoisotopic (exact) mass is 354 g/mol. The highest BCUT2D eigenvalue weighted by Gasteiger charge is 2.28. The number of rotatable bonds is 5. The first kappa shape index (κ1) is 18.4. The molecule has 1 aromatic carbocycles. The molecule has 1 heterocycles. The first-order chi connectivity index (χ1) is 11.2. The van der Waals surface area contributed by atoms with Crippen molar-refractivity contribution in [1.29, 1.82) is 0 Å². The van der Waals surface area contributed by atoms with Gasteiger partial charge in [0.2, 0.25) is 10.0 Å². The van der Waals surface area contributed by atoms with Crippen molar-refractivity contribution in [2.24, 2.45) is 5.92 Å². The number of amides is 1. The van der Waals surface area contributed by atoms with Crippen LogP contribution in [0.3, 0.4) is 0 Å². The zero-order valence-electron chi connectivity index (χ0n) is 13.8. The van der Waals surface area contributed by atoms with Crippen molar-refractivity contribution >= 4 is 21.9 Å². The lowest BCUT2D eigenvalue weighted by Crippen LogP contribution is -2.39. The number of likely N-dealkylation sites (N-methyl/N-ethyl adjacent to an activating group) is 1. The number of carboxylic acids is 1. The molecule has 1 unspecified atom stereocenters. The third-order valence-electron chi connectivity index (χ3n) is 4.08. The SMILES string of the molecule is CC1CCCN(S(=O)(=O)c2ccc(C(=O)N(C)CC(=O)O)cc2)C1. The number of hydrogen-bond acceptors (Lipinski definition) is 4. The smallest absolute Gasteiger partial charge is 0.323 e. The molecule has 1 saturated heterocycles. The van der Waals surface area contributed by atoms with Crippen molar-refractivity contribution in [3.8, 4) is 0 Å². The Balaban J connectivity index is 2.16. The fourth-order valence-electron chi connectivity index (χ4n) is 2.78. The molecule has 24 heavy (non-hydrogen) atoms. The predicted octanol–water partition coefficient (Wildman–Crippen LogP) is 1.26. The number of carbonyl (C=O) groups excluding carboxylic acids is 1. The number of sulfonamides is 1. The van der Waals surface area contributed by atoms with Crippen molar-refractivity contribution in [2.75, 3.05) is 26.7 Å². The van der Waals surface area contributed by atoms with Crippen LogP contribution in [0.2, 0.25) is 0 Å². The summed E-state index contributed by atoms with van der Waals surface area (Å²) in [7, 11) is -2.18. The summed E-state index contributed by atoms with van der Waals surface area (Å²) in [5.74, 6) is -1.24. The van der Waals surface area contributed by atoms with E-state index >= 15 is 0 Å². The van der Waals surface area contributed by atoms with E-state index in [1.165, 1.54) is 35.6 Å². The summed E-state index contributed by atoms with van der Waals surface area (Å²) in [6, 6.07) is 5.63. The Morgan fingerprint density at radius 2 is 1.92 bits per heavy atom. The molecule has 8 heteroatoms. The zero-order valence-corrected chi connectivity index (χ0v) is 14.6. The second-order valence-electron chi connectivity index (χ2n) is 6.19. The minimum Gasteiger partial charge on any atom is -0.480 e. The van der Waals surface area contributed by atoms with E-state index < -0.39 is 28.4 Å². The maximum Gasteiger partial charge on any atom is 0.323 e. The maximum atomic E-state index is 12.6. The quantitative estimate of drug-likeness (QED) is 0.859. The van der Waals surface area contributed by atoms with E-state index in [1.54, 1.807) is 0 Å². The summed E-state index contributed by atoms with van der Waals surface area (Å²) in [5, 5.41) is 8.72. The molecule has 0 bridgehead atoms. The third-order valence-corrected chi connectivity index (χ3v) is 5.96. The summed E-state index contributed by atoms with van der Waals surface area (Å²) in [6.07, 6.45) is 1.87. The van der Waals surface area contributed by atoms with Gasteiger partial charge in [-0.1, -0.05) is 6.92 Å². The van der Waals surface area contributed by atoms with Crippen LogP contribution in [-0.2, 0) is 14.8 Å². The Morgan fingerprint density at radius 3 is 2.46 bits per heavy atom. The fourth-order valence-corrected chi connectivity index (χ4v) is 4.38. The highest BCUT2D eigenvalue weighted by atomic mass is 32.2. The van der Waals surface area contributed by atoms with Gasteiger partial charge in [0.1, 0.15) is 6.54 Å². The summed E-state index contributed by atoms with van der Waals surface area (Å²) >= 11 is 0. The van der Waals surface area contributed by atoms with Crippen LogP contribution < -0.4 is 0 Å². The van der Waals surface area contributed by atoms with E-state index in [-0.39, 0.29) is 10.5 Å². The number of hydrogen-bond donors (Lipinski definition) is 1. The van der Waals surface area contributed by atoms with Gasteiger partial charge in [-0.25, -0.2) is 8.42 Å². The van der Waals surface area contributed by atoms with E-state index in [9.17, 15) is 18.0 Å². The van der Waals surface area contributed by atoms with E-state index in [1.807, 2.05) is 6.92 Å². The van der Waals surface area contributed by atoms with Crippen LogP contribution in [0, 0.1) is 5.92 Å². The van der Waals surface area contributed by atoms with E-state index in [2.05, 4.69) is 0 Å². The van der Waals surface area contributed by atoms with Crippen LogP contribution in [0.25, 0.3) is 0 Å². The van der Waals surface area contributed by atoms with Gasteiger partial charge in [-0.05, 0) is 43.0 Å². The van der Waals surface area contributed by atoms with Gasteiger partial charge < -0.3 is 10.0 Å². The highest BCUT2D eigenvalue weighted by molar-refractivity contribution is 7.89. The van der Waals surface area contributed by atoms with Crippen molar-refractivity contribution < 1.29 is 23.1 Å². The summed E-state index contributed by atoms with van der Waals surface area (Å²) < 4.78 is 26.8. The Hall–Kier alpha value is -1.93. The number of aliphatic carboxylic acids is 1. The molecule has 1 aliphatic rings. The number of piperidine rings is 1. The Kier molecular flexibility index (Phi) is 5.61. The lowest BCUT2D eigenvalue weighted by Gasteiger charge is -2.30. The lowest BCUT2D eigenvalue weighted by molar-refractivity contribution is -0.137. The molecular formula is C16H22N2O5S. The Bertz CT molecular complexity index is 714. The largest absolute Gasteiger partial charge is 0.480 e. The van der Waals surface area contributed by atoms with Gasteiger partial charge in [-0.2, -0.15) is 4.31 Å². The number of carbonyl (C=O) groups is 2. The molecule has 1 aromatic rings. The summed E-state index contributed by atoms with van der Waals surface area (Å²) in [4.78, 5) is 24.0. The molecule has 0 aromatic heterocycles. The van der Waals surface area contributed by atoms with E-state index in [0.29, 0.717) is 19.0 Å². The first-order valence-corrected chi connectivity index (χ1v) is 9.23. The van der Waals surface area contributed by atoms with Gasteiger partial charge in [0, 0.05) is 25.7 Å². The van der Waals surface area contributed by atoms with Crippen LogP contribution in [0.5, 0.6) is 0 Å². The Morgan fingerprint density at radius 1 is 1.29 bits per heavy atom. The van der Waals surface area contributed by atoms with E-state index in [0.717, 1.165) is 17.7 Å². The second-order valence-corrected chi connectivity index (χ2v) is 8.13. The molecule has 1 aliphatic heterocycles. The van der Waals surface area contributed by atoms with Gasteiger partial charge >= 0.3 is 5.97 Å². The highest BCUT2D eigenvalue weighted by Crippen LogP contribution is 2.23. The van der Waals surface area contributed by atoms with Gasteiger partial charge in [-0.15, -0.1) is 0 Å². The van der Waals surface area contributed by atoms with Crippen LogP contribution in [0.4, 0.5) is 0 Å². The van der Waals surface area contributed by atoms with Crippen LogP contribution in [-0.4, -0.2) is 61.3 Å². The molecule has 7 nitrogen and oxygen atoms in total. The summed E-state index contributed by atoms with van der Waals surface area (Å²) in [5.41, 5.74) is 0.254. The predicted molar refractivity (Wildman–Crippen MR) is 88.2 cm³/mol. The van der Waals surface area contributed by atoms with Crippen molar-refractivity contribution in [3.05, 3.63) is 29.8 Å². The topological polar surface area (TPSA) is 95.0 Å². The average Bonchev–Trinajstić information content (AvgIpc) is 2.53. The number of nitrogens with zero attached hydrogens (tertiary/aromatic N) is 2. The molecule has 2 rings (SSSR count). The van der Waals surface area contributed by atoms with Crippen molar-refractivity contribution in [1.82, 2.24) is 9.21 Å². The zero-order chi connectivity index (χ0) is 17.9. The molecule has 1 N–H and O–H groups in total. The fraction of sp³-hybridized carbons (Fsp3) is 0.500. The molecule has 0 aliphatic carbocycles. The average molecular weight is 354 g/mol. The molecule has 1 atom stereocenters. The van der Waals surface area contributed by atoms with Crippen molar-refractivity contribution in [2.45, 2.75) is 24.7 Å². The normalized spacial score (nSPS) is 19.0.